The van der Waals surface area contributed by atoms with Gasteiger partial charge in [0, 0.05) is 12.6 Å². The van der Waals surface area contributed by atoms with Crippen LogP contribution < -0.4 is 22.5 Å². The number of ether oxygens (including phenoxy) is 1. The fourth-order valence-electron chi connectivity index (χ4n) is 5.04. The SMILES string of the molecule is CCCC(NC(C)C(=O)N1C(C(=O)O)CC2CCCCC21)C(=O)OCC.NC(N)=NCCCC(N)C(=O)O. The van der Waals surface area contributed by atoms with Crippen molar-refractivity contribution in [1.82, 2.24) is 10.2 Å². The number of amides is 1. The van der Waals surface area contributed by atoms with E-state index in [2.05, 4.69) is 10.3 Å². The summed E-state index contributed by atoms with van der Waals surface area (Å²) in [5.74, 6) is -2.23. The van der Waals surface area contributed by atoms with Gasteiger partial charge >= 0.3 is 17.9 Å². The number of likely N-dealkylation sites (tertiary alicyclic amines) is 1. The molecule has 0 aromatic carbocycles. The maximum atomic E-state index is 13.1. The van der Waals surface area contributed by atoms with Crippen LogP contribution in [0, 0.1) is 5.92 Å². The summed E-state index contributed by atoms with van der Waals surface area (Å²) in [5.41, 5.74) is 15.3. The van der Waals surface area contributed by atoms with Gasteiger partial charge in [-0.2, -0.15) is 0 Å². The number of hydrogen-bond donors (Lipinski definition) is 6. The molecule has 0 aromatic rings. The van der Waals surface area contributed by atoms with E-state index in [1.165, 1.54) is 0 Å². The average molecular weight is 543 g/mol. The molecule has 2 fully saturated rings. The highest BCUT2D eigenvalue weighted by molar-refractivity contribution is 5.88. The smallest absolute Gasteiger partial charge is 0.326 e. The summed E-state index contributed by atoms with van der Waals surface area (Å²) in [6, 6.07) is -2.74. The van der Waals surface area contributed by atoms with Gasteiger partial charge in [-0.3, -0.25) is 24.7 Å². The zero-order valence-electron chi connectivity index (χ0n) is 22.8. The molecule has 13 heteroatoms. The number of carbonyl (C=O) groups is 4. The van der Waals surface area contributed by atoms with E-state index in [1.54, 1.807) is 18.7 Å². The molecule has 0 spiro atoms. The van der Waals surface area contributed by atoms with Crippen LogP contribution >= 0.6 is 0 Å². The zero-order valence-corrected chi connectivity index (χ0v) is 22.8. The van der Waals surface area contributed by atoms with Gasteiger partial charge in [0.1, 0.15) is 18.1 Å². The molecule has 6 unspecified atom stereocenters. The second kappa shape index (κ2) is 16.8. The number of guanidine groups is 1. The lowest BCUT2D eigenvalue weighted by Crippen LogP contribution is -2.55. The minimum atomic E-state index is -1.00. The Morgan fingerprint density at radius 3 is 2.32 bits per heavy atom. The third kappa shape index (κ3) is 10.4. The highest BCUT2D eigenvalue weighted by Crippen LogP contribution is 2.40. The first-order chi connectivity index (χ1) is 17.9. The number of nitrogens with one attached hydrogen (secondary N) is 1. The van der Waals surface area contributed by atoms with Crippen LogP contribution in [0.3, 0.4) is 0 Å². The Morgan fingerprint density at radius 1 is 1.11 bits per heavy atom. The standard InChI is InChI=1S/C19H32N2O5.C6H14N4O2/c1-4-8-14(19(25)26-5-2)20-12(3)17(22)21-15-10-7-6-9-13(15)11-16(21)18(23)24;7-4(5(11)12)2-1-3-10-6(8)9/h12-16,20H,4-11H2,1-3H3,(H,23,24);4H,1-3,7H2,(H,11,12)(H4,8,9,10). The quantitative estimate of drug-likeness (QED) is 0.0808. The second-order valence-corrected chi connectivity index (χ2v) is 9.82. The number of esters is 1. The molecule has 38 heavy (non-hydrogen) atoms. The molecule has 13 nitrogen and oxygen atoms in total. The Bertz CT molecular complexity index is 820. The summed E-state index contributed by atoms with van der Waals surface area (Å²) < 4.78 is 5.09. The number of nitrogens with zero attached hydrogens (tertiary/aromatic N) is 2. The number of aliphatic imine (C=N–C) groups is 1. The van der Waals surface area contributed by atoms with Crippen molar-refractivity contribution in [1.29, 1.82) is 0 Å². The largest absolute Gasteiger partial charge is 0.480 e. The van der Waals surface area contributed by atoms with Crippen LogP contribution in [0.2, 0.25) is 0 Å². The van der Waals surface area contributed by atoms with Crippen LogP contribution in [-0.2, 0) is 23.9 Å². The number of nitrogens with two attached hydrogens (primary N) is 3. The summed E-state index contributed by atoms with van der Waals surface area (Å²) in [7, 11) is 0. The molecule has 0 radical (unpaired) electrons. The fraction of sp³-hybridized carbons (Fsp3) is 0.800. The molecule has 1 saturated heterocycles. The Labute approximate surface area is 224 Å². The van der Waals surface area contributed by atoms with E-state index in [-0.39, 0.29) is 29.8 Å². The van der Waals surface area contributed by atoms with Crippen molar-refractivity contribution in [2.45, 2.75) is 109 Å². The lowest BCUT2D eigenvalue weighted by atomic mass is 9.84. The Hall–Kier alpha value is -2.93. The van der Waals surface area contributed by atoms with E-state index in [0.717, 1.165) is 32.1 Å². The predicted octanol–water partition coefficient (Wildman–Crippen LogP) is 0.393. The van der Waals surface area contributed by atoms with Crippen molar-refractivity contribution in [3.63, 3.8) is 0 Å². The summed E-state index contributed by atoms with van der Waals surface area (Å²) >= 11 is 0. The van der Waals surface area contributed by atoms with E-state index in [4.69, 9.17) is 27.0 Å². The normalized spacial score (nSPS) is 22.6. The first kappa shape index (κ1) is 33.1. The minimum Gasteiger partial charge on any atom is -0.480 e. The minimum absolute atomic E-state index is 0.00817. The Balaban J connectivity index is 0.000000508. The highest BCUT2D eigenvalue weighted by Gasteiger charge is 2.48. The van der Waals surface area contributed by atoms with Gasteiger partial charge in [-0.25, -0.2) is 4.79 Å². The van der Waals surface area contributed by atoms with Crippen LogP contribution in [0.25, 0.3) is 0 Å². The van der Waals surface area contributed by atoms with Gasteiger partial charge in [0.15, 0.2) is 5.96 Å². The van der Waals surface area contributed by atoms with Gasteiger partial charge < -0.3 is 37.1 Å². The molecule has 2 rings (SSSR count). The summed E-state index contributed by atoms with van der Waals surface area (Å²) in [6.45, 7) is 6.14. The molecule has 6 atom stereocenters. The van der Waals surface area contributed by atoms with Crippen molar-refractivity contribution in [3.8, 4) is 0 Å². The molecular weight excluding hydrogens is 496 g/mol. The summed E-state index contributed by atoms with van der Waals surface area (Å²) in [4.78, 5) is 52.4. The lowest BCUT2D eigenvalue weighted by molar-refractivity contribution is -0.152. The first-order valence-corrected chi connectivity index (χ1v) is 13.5. The number of carbonyl (C=O) groups excluding carboxylic acids is 2. The van der Waals surface area contributed by atoms with E-state index in [9.17, 15) is 24.3 Å². The van der Waals surface area contributed by atoms with Crippen LogP contribution in [0.5, 0.6) is 0 Å². The maximum Gasteiger partial charge on any atom is 0.326 e. The van der Waals surface area contributed by atoms with Gasteiger partial charge in [0.2, 0.25) is 5.91 Å². The number of aliphatic carboxylic acids is 2. The molecule has 0 bridgehead atoms. The van der Waals surface area contributed by atoms with E-state index < -0.39 is 36.1 Å². The molecule has 1 saturated carbocycles. The number of carboxylic acids is 2. The highest BCUT2D eigenvalue weighted by atomic mass is 16.5. The zero-order chi connectivity index (χ0) is 28.8. The molecule has 1 aliphatic heterocycles. The van der Waals surface area contributed by atoms with Gasteiger partial charge in [0.05, 0.1) is 12.6 Å². The molecule has 1 aliphatic carbocycles. The Kier molecular flexibility index (Phi) is 14.6. The molecule has 0 aromatic heterocycles. The monoisotopic (exact) mass is 542 g/mol. The van der Waals surface area contributed by atoms with Gasteiger partial charge in [0.25, 0.3) is 0 Å². The van der Waals surface area contributed by atoms with E-state index in [1.807, 2.05) is 6.92 Å². The van der Waals surface area contributed by atoms with Crippen LogP contribution in [-0.4, -0.2) is 88.2 Å². The number of hydrogen-bond acceptors (Lipinski definition) is 8. The molecule has 2 aliphatic rings. The van der Waals surface area contributed by atoms with Gasteiger partial charge in [-0.05, 0) is 58.3 Å². The van der Waals surface area contributed by atoms with Gasteiger partial charge in [-0.1, -0.05) is 26.2 Å². The molecule has 1 amide bonds. The van der Waals surface area contributed by atoms with Crippen molar-refractivity contribution >= 4 is 29.8 Å². The number of rotatable bonds is 13. The van der Waals surface area contributed by atoms with Crippen LogP contribution in [0.15, 0.2) is 4.99 Å². The third-order valence-electron chi connectivity index (χ3n) is 6.88. The lowest BCUT2D eigenvalue weighted by Gasteiger charge is -2.35. The fourth-order valence-corrected chi connectivity index (χ4v) is 5.04. The Morgan fingerprint density at radius 2 is 1.76 bits per heavy atom. The average Bonchev–Trinajstić information content (AvgIpc) is 3.26. The van der Waals surface area contributed by atoms with Crippen molar-refractivity contribution in [2.75, 3.05) is 13.2 Å². The first-order valence-electron chi connectivity index (χ1n) is 13.5. The van der Waals surface area contributed by atoms with E-state index in [0.29, 0.717) is 38.8 Å². The van der Waals surface area contributed by atoms with Crippen LogP contribution in [0.1, 0.15) is 78.6 Å². The third-order valence-corrected chi connectivity index (χ3v) is 6.88. The van der Waals surface area contributed by atoms with Crippen molar-refractivity contribution < 1.29 is 34.1 Å². The molecule has 1 heterocycles. The number of carboxylic acid groups (broad SMARTS) is 2. The summed E-state index contributed by atoms with van der Waals surface area (Å²) in [5, 5.41) is 21.1. The maximum absolute atomic E-state index is 13.1. The number of fused-ring (bicyclic) bond motifs is 1. The molecule has 218 valence electrons. The summed E-state index contributed by atoms with van der Waals surface area (Å²) in [6.07, 6.45) is 6.83. The molecule has 9 N–H and O–H groups in total. The second-order valence-electron chi connectivity index (χ2n) is 9.82. The topological polar surface area (TPSA) is 224 Å². The van der Waals surface area contributed by atoms with Crippen molar-refractivity contribution in [2.24, 2.45) is 28.1 Å². The predicted molar refractivity (Wildman–Crippen MR) is 142 cm³/mol. The molecular formula is C25H46N6O7. The van der Waals surface area contributed by atoms with Crippen molar-refractivity contribution in [3.05, 3.63) is 0 Å². The van der Waals surface area contributed by atoms with E-state index >= 15 is 0 Å². The van der Waals surface area contributed by atoms with Gasteiger partial charge in [-0.15, -0.1) is 0 Å². The van der Waals surface area contributed by atoms with Crippen LogP contribution in [0.4, 0.5) is 0 Å².